The van der Waals surface area contributed by atoms with Gasteiger partial charge in [0.15, 0.2) is 6.61 Å². The van der Waals surface area contributed by atoms with Gasteiger partial charge in [0.05, 0.1) is 10.9 Å². The van der Waals surface area contributed by atoms with Gasteiger partial charge in [-0.2, -0.15) is 0 Å². The number of carbonyl (C=O) groups is 1. The van der Waals surface area contributed by atoms with Crippen LogP contribution in [0.2, 0.25) is 0 Å². The maximum absolute atomic E-state index is 12.0. The number of H-pyrrole nitrogens is 1. The normalized spacial score (nSPS) is 11.0. The second-order valence-electron chi connectivity index (χ2n) is 5.05. The Morgan fingerprint density at radius 3 is 2.62 bits per heavy atom. The van der Waals surface area contributed by atoms with E-state index in [2.05, 4.69) is 9.97 Å². The molecule has 0 saturated carbocycles. The Morgan fingerprint density at radius 2 is 1.88 bits per heavy atom. The van der Waals surface area contributed by atoms with Gasteiger partial charge >= 0.3 is 5.97 Å². The van der Waals surface area contributed by atoms with E-state index in [4.69, 9.17) is 9.84 Å². The van der Waals surface area contributed by atoms with E-state index in [1.807, 2.05) is 6.07 Å². The molecule has 0 atom stereocenters. The maximum atomic E-state index is 12.0. The van der Waals surface area contributed by atoms with Gasteiger partial charge in [-0.1, -0.05) is 30.3 Å². The highest BCUT2D eigenvalue weighted by molar-refractivity contribution is 5.79. The highest BCUT2D eigenvalue weighted by Crippen LogP contribution is 2.14. The third-order valence-electron chi connectivity index (χ3n) is 3.31. The van der Waals surface area contributed by atoms with E-state index in [0.29, 0.717) is 22.5 Å². The second-order valence-corrected chi connectivity index (χ2v) is 5.05. The number of para-hydroxylation sites is 1. The van der Waals surface area contributed by atoms with Gasteiger partial charge in [-0.15, -0.1) is 0 Å². The molecule has 0 bridgehead atoms. The van der Waals surface area contributed by atoms with Crippen molar-refractivity contribution in [3.63, 3.8) is 0 Å². The highest BCUT2D eigenvalue weighted by atomic mass is 16.5. The van der Waals surface area contributed by atoms with Gasteiger partial charge in [0, 0.05) is 0 Å². The number of aromatic amines is 1. The highest BCUT2D eigenvalue weighted by Gasteiger charge is 2.01. The molecule has 0 aliphatic heterocycles. The average Bonchev–Trinajstić information content (AvgIpc) is 2.59. The topological polar surface area (TPSA) is 92.3 Å². The minimum absolute atomic E-state index is 0.183. The average molecular weight is 322 g/mol. The molecule has 0 saturated heterocycles. The molecule has 0 aliphatic carbocycles. The predicted octanol–water partition coefficient (Wildman–Crippen LogP) is 2.56. The zero-order chi connectivity index (χ0) is 16.9. The molecular weight excluding hydrogens is 308 g/mol. The fraction of sp³-hybridized carbons (Fsp3) is 0.0556. The van der Waals surface area contributed by atoms with Gasteiger partial charge in [-0.25, -0.2) is 9.78 Å². The molecule has 24 heavy (non-hydrogen) atoms. The fourth-order valence-electron chi connectivity index (χ4n) is 2.18. The van der Waals surface area contributed by atoms with Crippen molar-refractivity contribution in [2.75, 3.05) is 6.61 Å². The van der Waals surface area contributed by atoms with Crippen molar-refractivity contribution in [3.05, 3.63) is 70.3 Å². The van der Waals surface area contributed by atoms with Crippen LogP contribution in [0.4, 0.5) is 0 Å². The summed E-state index contributed by atoms with van der Waals surface area (Å²) in [5, 5.41) is 9.12. The summed E-state index contributed by atoms with van der Waals surface area (Å²) in [6, 6.07) is 14.1. The van der Waals surface area contributed by atoms with Gasteiger partial charge in [0.1, 0.15) is 11.6 Å². The fourth-order valence-corrected chi connectivity index (χ4v) is 2.18. The van der Waals surface area contributed by atoms with E-state index in [9.17, 15) is 9.59 Å². The first-order valence-corrected chi connectivity index (χ1v) is 7.23. The summed E-state index contributed by atoms with van der Waals surface area (Å²) < 4.78 is 5.07. The molecule has 3 rings (SSSR count). The Balaban J connectivity index is 1.78. The van der Waals surface area contributed by atoms with Gasteiger partial charge in [0.2, 0.25) is 0 Å². The van der Waals surface area contributed by atoms with Crippen molar-refractivity contribution in [1.82, 2.24) is 9.97 Å². The lowest BCUT2D eigenvalue weighted by atomic mass is 10.2. The van der Waals surface area contributed by atoms with Crippen LogP contribution in [0.3, 0.4) is 0 Å². The number of hydrogen-bond donors (Lipinski definition) is 2. The Morgan fingerprint density at radius 1 is 1.12 bits per heavy atom. The van der Waals surface area contributed by atoms with Crippen LogP contribution < -0.4 is 10.3 Å². The zero-order valence-electron chi connectivity index (χ0n) is 12.6. The molecule has 120 valence electrons. The molecule has 6 nitrogen and oxygen atoms in total. The lowest BCUT2D eigenvalue weighted by Gasteiger charge is -2.03. The smallest absolute Gasteiger partial charge is 0.341 e. The Labute approximate surface area is 137 Å². The lowest BCUT2D eigenvalue weighted by molar-refractivity contribution is -0.139. The van der Waals surface area contributed by atoms with Crippen LogP contribution >= 0.6 is 0 Å². The third kappa shape index (κ3) is 3.67. The van der Waals surface area contributed by atoms with E-state index < -0.39 is 5.97 Å². The molecule has 0 radical (unpaired) electrons. The second kappa shape index (κ2) is 6.78. The summed E-state index contributed by atoms with van der Waals surface area (Å²) in [4.78, 5) is 29.5. The Hall–Kier alpha value is -3.41. The van der Waals surface area contributed by atoms with E-state index >= 15 is 0 Å². The number of nitrogens with one attached hydrogen (secondary N) is 1. The molecule has 1 heterocycles. The molecule has 0 unspecified atom stereocenters. The third-order valence-corrected chi connectivity index (χ3v) is 3.31. The molecule has 0 amide bonds. The summed E-state index contributed by atoms with van der Waals surface area (Å²) in [7, 11) is 0. The molecule has 2 N–H and O–H groups in total. The number of hydrogen-bond acceptors (Lipinski definition) is 4. The van der Waals surface area contributed by atoms with Crippen molar-refractivity contribution in [2.45, 2.75) is 0 Å². The number of aromatic nitrogens is 2. The summed E-state index contributed by atoms with van der Waals surface area (Å²) in [5.74, 6) is -0.0815. The number of aliphatic carboxylic acids is 1. The van der Waals surface area contributed by atoms with Crippen LogP contribution in [0.1, 0.15) is 11.4 Å². The number of carboxylic acid groups (broad SMARTS) is 1. The SMILES string of the molecule is O=C(O)COc1ccc(/C=C/c2nc3ccccc3c(=O)[nH]2)cc1. The first-order chi connectivity index (χ1) is 11.6. The molecular formula is C18H14N2O4. The molecule has 3 aromatic rings. The van der Waals surface area contributed by atoms with E-state index in [-0.39, 0.29) is 12.2 Å². The lowest BCUT2D eigenvalue weighted by Crippen LogP contribution is -2.09. The summed E-state index contributed by atoms with van der Waals surface area (Å²) in [5.41, 5.74) is 1.32. The monoisotopic (exact) mass is 322 g/mol. The van der Waals surface area contributed by atoms with Crippen LogP contribution in [0.25, 0.3) is 23.1 Å². The molecule has 0 fully saturated rings. The number of benzene rings is 2. The van der Waals surface area contributed by atoms with Gasteiger partial charge in [-0.05, 0) is 35.9 Å². The quantitative estimate of drug-likeness (QED) is 0.753. The summed E-state index contributed by atoms with van der Waals surface area (Å²) in [6.45, 7) is -0.378. The largest absolute Gasteiger partial charge is 0.482 e. The van der Waals surface area contributed by atoms with Crippen molar-refractivity contribution < 1.29 is 14.6 Å². The number of fused-ring (bicyclic) bond motifs is 1. The molecule has 1 aromatic heterocycles. The number of rotatable bonds is 5. The van der Waals surface area contributed by atoms with Gasteiger partial charge < -0.3 is 14.8 Å². The Bertz CT molecular complexity index is 959. The minimum Gasteiger partial charge on any atom is -0.482 e. The van der Waals surface area contributed by atoms with Crippen LogP contribution in [-0.4, -0.2) is 27.7 Å². The maximum Gasteiger partial charge on any atom is 0.341 e. The summed E-state index contributed by atoms with van der Waals surface area (Å²) in [6.07, 6.45) is 3.51. The van der Waals surface area contributed by atoms with Gasteiger partial charge in [0.25, 0.3) is 5.56 Å². The molecule has 0 spiro atoms. The van der Waals surface area contributed by atoms with Crippen LogP contribution in [0.15, 0.2) is 53.3 Å². The molecule has 0 aliphatic rings. The van der Waals surface area contributed by atoms with E-state index in [1.54, 1.807) is 54.6 Å². The van der Waals surface area contributed by atoms with Gasteiger partial charge in [-0.3, -0.25) is 4.79 Å². The van der Waals surface area contributed by atoms with Crippen molar-refractivity contribution in [2.24, 2.45) is 0 Å². The van der Waals surface area contributed by atoms with E-state index in [1.165, 1.54) is 0 Å². The van der Waals surface area contributed by atoms with Crippen molar-refractivity contribution in [1.29, 1.82) is 0 Å². The summed E-state index contributed by atoms with van der Waals surface area (Å²) >= 11 is 0. The molecule has 2 aromatic carbocycles. The molecule has 6 heteroatoms. The first kappa shape index (κ1) is 15.5. The first-order valence-electron chi connectivity index (χ1n) is 7.23. The number of nitrogens with zero attached hydrogens (tertiary/aromatic N) is 1. The van der Waals surface area contributed by atoms with E-state index in [0.717, 1.165) is 5.56 Å². The standard InChI is InChI=1S/C18H14N2O4/c21-17(22)11-24-13-8-5-12(6-9-13)7-10-16-19-15-4-2-1-3-14(15)18(23)20-16/h1-10H,11H2,(H,21,22)(H,19,20,23)/b10-7+. The predicted molar refractivity (Wildman–Crippen MR) is 90.9 cm³/mol. The van der Waals surface area contributed by atoms with Crippen LogP contribution in [0, 0.1) is 0 Å². The van der Waals surface area contributed by atoms with Crippen LogP contribution in [0.5, 0.6) is 5.75 Å². The minimum atomic E-state index is -1.02. The van der Waals surface area contributed by atoms with Crippen LogP contribution in [-0.2, 0) is 4.79 Å². The Kier molecular flexibility index (Phi) is 4.38. The van der Waals surface area contributed by atoms with Crippen molar-refractivity contribution in [3.8, 4) is 5.75 Å². The number of ether oxygens (including phenoxy) is 1. The van der Waals surface area contributed by atoms with Crippen molar-refractivity contribution >= 4 is 29.0 Å². The number of carboxylic acids is 1. The zero-order valence-corrected chi connectivity index (χ0v) is 12.6.